The zero-order valence-electron chi connectivity index (χ0n) is 6.61. The minimum absolute atomic E-state index is 0.358. The number of aryl methyl sites for hydroxylation is 1. The van der Waals surface area contributed by atoms with Crippen LogP contribution in [0.2, 0.25) is 0 Å². The van der Waals surface area contributed by atoms with E-state index in [2.05, 4.69) is 5.10 Å². The Bertz CT molecular complexity index is 266. The average molecular weight is 153 g/mol. The van der Waals surface area contributed by atoms with Gasteiger partial charge in [-0.1, -0.05) is 0 Å². The predicted octanol–water partition coefficient (Wildman–Crippen LogP) is 0.238. The van der Waals surface area contributed by atoms with Crippen molar-refractivity contribution in [3.8, 4) is 0 Å². The maximum absolute atomic E-state index is 10.7. The van der Waals surface area contributed by atoms with Crippen molar-refractivity contribution in [2.24, 2.45) is 5.73 Å². The minimum atomic E-state index is -0.367. The molecule has 0 aliphatic carbocycles. The highest BCUT2D eigenvalue weighted by atomic mass is 16.1. The number of carbonyl (C=O) groups excluding carboxylic acids is 1. The Morgan fingerprint density at radius 2 is 2.45 bits per heavy atom. The van der Waals surface area contributed by atoms with Crippen LogP contribution in [0.15, 0.2) is 12.4 Å². The standard InChI is InChI=1S/C7H11N3O/c1-5-3-9-10(4-5)6(2)7(8)11/h3-4,6H,1-2H3,(H2,8,11). The first-order valence-corrected chi connectivity index (χ1v) is 3.41. The fourth-order valence-electron chi connectivity index (χ4n) is 0.775. The Hall–Kier alpha value is -1.32. The summed E-state index contributed by atoms with van der Waals surface area (Å²) < 4.78 is 1.55. The summed E-state index contributed by atoms with van der Waals surface area (Å²) in [6.07, 6.45) is 3.48. The smallest absolute Gasteiger partial charge is 0.241 e. The third-order valence-corrected chi connectivity index (χ3v) is 1.54. The summed E-state index contributed by atoms with van der Waals surface area (Å²) in [4.78, 5) is 10.7. The summed E-state index contributed by atoms with van der Waals surface area (Å²) in [5.74, 6) is -0.367. The molecular weight excluding hydrogens is 142 g/mol. The lowest BCUT2D eigenvalue weighted by atomic mass is 10.3. The lowest BCUT2D eigenvalue weighted by Gasteiger charge is -2.05. The van der Waals surface area contributed by atoms with Crippen molar-refractivity contribution in [2.75, 3.05) is 0 Å². The second kappa shape index (κ2) is 2.74. The molecule has 0 radical (unpaired) electrons. The van der Waals surface area contributed by atoms with E-state index in [1.165, 1.54) is 0 Å². The largest absolute Gasteiger partial charge is 0.368 e. The highest BCUT2D eigenvalue weighted by Crippen LogP contribution is 2.03. The van der Waals surface area contributed by atoms with Crippen molar-refractivity contribution in [3.05, 3.63) is 18.0 Å². The van der Waals surface area contributed by atoms with Gasteiger partial charge in [-0.25, -0.2) is 0 Å². The van der Waals surface area contributed by atoms with E-state index < -0.39 is 0 Å². The first-order valence-electron chi connectivity index (χ1n) is 3.41. The Kier molecular flexibility index (Phi) is 1.94. The second-order valence-corrected chi connectivity index (χ2v) is 2.58. The summed E-state index contributed by atoms with van der Waals surface area (Å²) in [6, 6.07) is -0.358. The molecule has 0 aliphatic rings. The highest BCUT2D eigenvalue weighted by Gasteiger charge is 2.10. The van der Waals surface area contributed by atoms with E-state index in [-0.39, 0.29) is 11.9 Å². The fourth-order valence-corrected chi connectivity index (χ4v) is 0.775. The van der Waals surface area contributed by atoms with Crippen LogP contribution in [-0.4, -0.2) is 15.7 Å². The molecule has 1 atom stereocenters. The van der Waals surface area contributed by atoms with Gasteiger partial charge in [0.25, 0.3) is 0 Å². The van der Waals surface area contributed by atoms with Gasteiger partial charge in [0, 0.05) is 6.20 Å². The summed E-state index contributed by atoms with van der Waals surface area (Å²) in [5, 5.41) is 3.95. The van der Waals surface area contributed by atoms with Crippen molar-refractivity contribution in [3.63, 3.8) is 0 Å². The Morgan fingerprint density at radius 3 is 2.82 bits per heavy atom. The first-order chi connectivity index (χ1) is 5.11. The van der Waals surface area contributed by atoms with Gasteiger partial charge in [-0.05, 0) is 19.4 Å². The summed E-state index contributed by atoms with van der Waals surface area (Å²) in [7, 11) is 0. The molecule has 11 heavy (non-hydrogen) atoms. The van der Waals surface area contributed by atoms with Crippen molar-refractivity contribution >= 4 is 5.91 Å². The lowest BCUT2D eigenvalue weighted by Crippen LogP contribution is -2.24. The van der Waals surface area contributed by atoms with Gasteiger partial charge < -0.3 is 5.73 Å². The monoisotopic (exact) mass is 153 g/mol. The first kappa shape index (κ1) is 7.78. The molecule has 0 aliphatic heterocycles. The molecule has 60 valence electrons. The topological polar surface area (TPSA) is 60.9 Å². The number of hydrogen-bond acceptors (Lipinski definition) is 2. The molecule has 1 aromatic rings. The maximum atomic E-state index is 10.7. The fraction of sp³-hybridized carbons (Fsp3) is 0.429. The quantitative estimate of drug-likeness (QED) is 0.661. The Morgan fingerprint density at radius 1 is 1.82 bits per heavy atom. The van der Waals surface area contributed by atoms with Gasteiger partial charge in [0.2, 0.25) is 5.91 Å². The van der Waals surface area contributed by atoms with Gasteiger partial charge in [0.05, 0.1) is 6.20 Å². The van der Waals surface area contributed by atoms with Crippen molar-refractivity contribution in [1.82, 2.24) is 9.78 Å². The third-order valence-electron chi connectivity index (χ3n) is 1.54. The van der Waals surface area contributed by atoms with Crippen molar-refractivity contribution < 1.29 is 4.79 Å². The SMILES string of the molecule is Cc1cnn(C(C)C(N)=O)c1. The zero-order valence-corrected chi connectivity index (χ0v) is 6.61. The molecule has 0 bridgehead atoms. The Balaban J connectivity index is 2.84. The summed E-state index contributed by atoms with van der Waals surface area (Å²) in [6.45, 7) is 3.63. The van der Waals surface area contributed by atoms with Crippen LogP contribution in [0.4, 0.5) is 0 Å². The maximum Gasteiger partial charge on any atom is 0.241 e. The third kappa shape index (κ3) is 1.58. The van der Waals surface area contributed by atoms with E-state index >= 15 is 0 Å². The van der Waals surface area contributed by atoms with Gasteiger partial charge in [-0.2, -0.15) is 5.10 Å². The second-order valence-electron chi connectivity index (χ2n) is 2.58. The number of hydrogen-bond donors (Lipinski definition) is 1. The molecule has 4 heteroatoms. The number of nitrogens with two attached hydrogens (primary N) is 1. The molecule has 2 N–H and O–H groups in total. The molecule has 1 unspecified atom stereocenters. The molecule has 0 spiro atoms. The molecule has 1 aromatic heterocycles. The van der Waals surface area contributed by atoms with Crippen LogP contribution < -0.4 is 5.73 Å². The number of amides is 1. The number of rotatable bonds is 2. The van der Waals surface area contributed by atoms with Gasteiger partial charge >= 0.3 is 0 Å². The molecular formula is C7H11N3O. The van der Waals surface area contributed by atoms with Crippen molar-refractivity contribution in [2.45, 2.75) is 19.9 Å². The van der Waals surface area contributed by atoms with Crippen LogP contribution in [0.1, 0.15) is 18.5 Å². The van der Waals surface area contributed by atoms with E-state index in [4.69, 9.17) is 5.73 Å². The zero-order chi connectivity index (χ0) is 8.43. The van der Waals surface area contributed by atoms with E-state index in [1.54, 1.807) is 24.0 Å². The van der Waals surface area contributed by atoms with E-state index in [0.29, 0.717) is 0 Å². The molecule has 0 fully saturated rings. The number of carbonyl (C=O) groups is 1. The van der Waals surface area contributed by atoms with Gasteiger partial charge in [0.1, 0.15) is 6.04 Å². The van der Waals surface area contributed by atoms with Crippen LogP contribution in [0, 0.1) is 6.92 Å². The molecule has 1 heterocycles. The molecule has 1 amide bonds. The molecule has 4 nitrogen and oxygen atoms in total. The van der Waals surface area contributed by atoms with E-state index in [1.807, 2.05) is 6.92 Å². The normalized spacial score (nSPS) is 12.9. The van der Waals surface area contributed by atoms with Gasteiger partial charge in [-0.3, -0.25) is 9.48 Å². The highest BCUT2D eigenvalue weighted by molar-refractivity contribution is 5.77. The van der Waals surface area contributed by atoms with Gasteiger partial charge in [-0.15, -0.1) is 0 Å². The van der Waals surface area contributed by atoms with E-state index in [9.17, 15) is 4.79 Å². The van der Waals surface area contributed by atoms with E-state index in [0.717, 1.165) is 5.56 Å². The molecule has 0 aromatic carbocycles. The Labute approximate surface area is 65.0 Å². The summed E-state index contributed by atoms with van der Waals surface area (Å²) in [5.41, 5.74) is 6.10. The number of aromatic nitrogens is 2. The minimum Gasteiger partial charge on any atom is -0.368 e. The van der Waals surface area contributed by atoms with Crippen LogP contribution in [0.3, 0.4) is 0 Å². The van der Waals surface area contributed by atoms with Crippen LogP contribution >= 0.6 is 0 Å². The van der Waals surface area contributed by atoms with Crippen molar-refractivity contribution in [1.29, 1.82) is 0 Å². The summed E-state index contributed by atoms with van der Waals surface area (Å²) >= 11 is 0. The average Bonchev–Trinajstić information content (AvgIpc) is 2.34. The molecule has 0 saturated heterocycles. The van der Waals surface area contributed by atoms with Crippen LogP contribution in [0.25, 0.3) is 0 Å². The van der Waals surface area contributed by atoms with Gasteiger partial charge in [0.15, 0.2) is 0 Å². The van der Waals surface area contributed by atoms with Crippen LogP contribution in [-0.2, 0) is 4.79 Å². The predicted molar refractivity (Wildman–Crippen MR) is 40.9 cm³/mol. The number of primary amides is 1. The number of nitrogens with zero attached hydrogens (tertiary/aromatic N) is 2. The molecule has 1 rings (SSSR count). The molecule has 0 saturated carbocycles. The lowest BCUT2D eigenvalue weighted by molar-refractivity contribution is -0.120. The van der Waals surface area contributed by atoms with Crippen LogP contribution in [0.5, 0.6) is 0 Å².